The molecule has 0 amide bonds. The van der Waals surface area contributed by atoms with Crippen LogP contribution in [0.15, 0.2) is 0 Å². The summed E-state index contributed by atoms with van der Waals surface area (Å²) in [5.74, 6) is 4.83. The van der Waals surface area contributed by atoms with Crippen LogP contribution in [-0.4, -0.2) is 47.0 Å². The zero-order chi connectivity index (χ0) is 14.7. The first-order valence-electron chi connectivity index (χ1n) is 7.05. The molecule has 1 aromatic heterocycles. The van der Waals surface area contributed by atoms with E-state index in [0.717, 1.165) is 33.9 Å². The van der Waals surface area contributed by atoms with Crippen LogP contribution >= 0.6 is 34.4 Å². The van der Waals surface area contributed by atoms with E-state index in [2.05, 4.69) is 53.7 Å². The van der Waals surface area contributed by atoms with Gasteiger partial charge in [0.15, 0.2) is 0 Å². The molecule has 4 nitrogen and oxygen atoms in total. The molecule has 20 heavy (non-hydrogen) atoms. The standard InChI is InChI=1S/C14H23IN4S/c1-9(2)7-10-12(15)14(16-3)18-13(17-10)11-8-20-6-5-19(11)4/h9,11H,5-8H2,1-4H3,(H,16,17,18). The molecule has 0 radical (unpaired) electrons. The molecule has 2 rings (SSSR count). The fourth-order valence-corrected chi connectivity index (χ4v) is 4.25. The number of nitrogens with zero attached hydrogens (tertiary/aromatic N) is 3. The van der Waals surface area contributed by atoms with Crippen molar-refractivity contribution in [3.05, 3.63) is 15.1 Å². The molecule has 1 N–H and O–H groups in total. The Labute approximate surface area is 139 Å². The van der Waals surface area contributed by atoms with Crippen LogP contribution in [0.1, 0.15) is 31.4 Å². The van der Waals surface area contributed by atoms with Gasteiger partial charge in [-0.1, -0.05) is 13.8 Å². The van der Waals surface area contributed by atoms with Crippen LogP contribution < -0.4 is 5.32 Å². The summed E-state index contributed by atoms with van der Waals surface area (Å²) in [6.45, 7) is 5.58. The van der Waals surface area contributed by atoms with Gasteiger partial charge in [0.1, 0.15) is 11.6 Å². The lowest BCUT2D eigenvalue weighted by Crippen LogP contribution is -2.34. The van der Waals surface area contributed by atoms with Crippen molar-refractivity contribution in [2.75, 3.05) is 37.5 Å². The Balaban J connectivity index is 2.37. The second-order valence-electron chi connectivity index (χ2n) is 5.61. The molecule has 1 aromatic rings. The normalized spacial score (nSPS) is 20.4. The summed E-state index contributed by atoms with van der Waals surface area (Å²) < 4.78 is 1.16. The van der Waals surface area contributed by atoms with E-state index in [9.17, 15) is 0 Å². The molecule has 0 saturated carbocycles. The van der Waals surface area contributed by atoms with Gasteiger partial charge in [0.05, 0.1) is 15.3 Å². The van der Waals surface area contributed by atoms with Crippen molar-refractivity contribution >= 4 is 40.2 Å². The predicted octanol–water partition coefficient (Wildman–Crippen LogP) is 3.04. The Morgan fingerprint density at radius 1 is 1.45 bits per heavy atom. The first-order valence-corrected chi connectivity index (χ1v) is 9.28. The minimum atomic E-state index is 0.337. The van der Waals surface area contributed by atoms with Crippen LogP contribution in [0.4, 0.5) is 5.82 Å². The van der Waals surface area contributed by atoms with E-state index in [1.807, 2.05) is 18.8 Å². The molecule has 0 aromatic carbocycles. The summed E-state index contributed by atoms with van der Waals surface area (Å²) in [5, 5.41) is 3.22. The van der Waals surface area contributed by atoms with Crippen molar-refractivity contribution in [1.82, 2.24) is 14.9 Å². The van der Waals surface area contributed by atoms with Crippen molar-refractivity contribution in [2.45, 2.75) is 26.3 Å². The van der Waals surface area contributed by atoms with E-state index >= 15 is 0 Å². The number of rotatable bonds is 4. The van der Waals surface area contributed by atoms with Gasteiger partial charge < -0.3 is 5.32 Å². The van der Waals surface area contributed by atoms with Gasteiger partial charge in [0.25, 0.3) is 0 Å². The summed E-state index contributed by atoms with van der Waals surface area (Å²) >= 11 is 4.36. The van der Waals surface area contributed by atoms with Crippen LogP contribution in [0.2, 0.25) is 0 Å². The monoisotopic (exact) mass is 406 g/mol. The summed E-state index contributed by atoms with van der Waals surface area (Å²) in [6, 6.07) is 0.337. The minimum absolute atomic E-state index is 0.337. The molecule has 0 spiro atoms. The van der Waals surface area contributed by atoms with Crippen molar-refractivity contribution < 1.29 is 0 Å². The lowest BCUT2D eigenvalue weighted by molar-refractivity contribution is 0.264. The van der Waals surface area contributed by atoms with Crippen molar-refractivity contribution in [3.8, 4) is 0 Å². The van der Waals surface area contributed by atoms with Crippen LogP contribution in [0.3, 0.4) is 0 Å². The van der Waals surface area contributed by atoms with Crippen molar-refractivity contribution in [2.24, 2.45) is 5.92 Å². The second-order valence-corrected chi connectivity index (χ2v) is 7.84. The molecule has 1 saturated heterocycles. The maximum absolute atomic E-state index is 4.88. The maximum atomic E-state index is 4.88. The van der Waals surface area contributed by atoms with Gasteiger partial charge in [-0.25, -0.2) is 9.97 Å². The van der Waals surface area contributed by atoms with Gasteiger partial charge in [0.2, 0.25) is 0 Å². The van der Waals surface area contributed by atoms with Crippen molar-refractivity contribution in [3.63, 3.8) is 0 Å². The van der Waals surface area contributed by atoms with Crippen LogP contribution in [0.25, 0.3) is 0 Å². The number of hydrogen-bond acceptors (Lipinski definition) is 5. The van der Waals surface area contributed by atoms with Gasteiger partial charge in [-0.15, -0.1) is 0 Å². The van der Waals surface area contributed by atoms with Gasteiger partial charge in [0, 0.05) is 25.1 Å². The van der Waals surface area contributed by atoms with Gasteiger partial charge in [-0.05, 0) is 42.0 Å². The molecule has 0 bridgehead atoms. The topological polar surface area (TPSA) is 41.1 Å². The van der Waals surface area contributed by atoms with Crippen LogP contribution in [-0.2, 0) is 6.42 Å². The lowest BCUT2D eigenvalue weighted by atomic mass is 10.1. The second kappa shape index (κ2) is 7.26. The van der Waals surface area contributed by atoms with Gasteiger partial charge >= 0.3 is 0 Å². The molecule has 0 aliphatic carbocycles. The summed E-state index contributed by atoms with van der Waals surface area (Å²) in [6.07, 6.45) is 1.01. The first kappa shape index (κ1) is 16.3. The zero-order valence-electron chi connectivity index (χ0n) is 12.6. The zero-order valence-corrected chi connectivity index (χ0v) is 15.6. The van der Waals surface area contributed by atoms with Gasteiger partial charge in [-0.2, -0.15) is 11.8 Å². The van der Waals surface area contributed by atoms with Crippen molar-refractivity contribution in [1.29, 1.82) is 0 Å². The predicted molar refractivity (Wildman–Crippen MR) is 95.5 cm³/mol. The highest BCUT2D eigenvalue weighted by Crippen LogP contribution is 2.29. The molecule has 6 heteroatoms. The number of thioether (sulfide) groups is 1. The van der Waals surface area contributed by atoms with E-state index in [1.54, 1.807) is 0 Å². The highest BCUT2D eigenvalue weighted by atomic mass is 127. The van der Waals surface area contributed by atoms with Crippen LogP contribution in [0.5, 0.6) is 0 Å². The molecule has 1 aliphatic rings. The fraction of sp³-hybridized carbons (Fsp3) is 0.714. The summed E-state index contributed by atoms with van der Waals surface area (Å²) in [4.78, 5) is 12.0. The smallest absolute Gasteiger partial charge is 0.149 e. The number of hydrogen-bond donors (Lipinski definition) is 1. The molecule has 1 atom stereocenters. The third-order valence-electron chi connectivity index (χ3n) is 3.47. The average molecular weight is 406 g/mol. The molecular weight excluding hydrogens is 383 g/mol. The quantitative estimate of drug-likeness (QED) is 0.779. The van der Waals surface area contributed by atoms with E-state index in [4.69, 9.17) is 9.97 Å². The SMILES string of the molecule is CNc1nc(C2CSCCN2C)nc(CC(C)C)c1I. The summed E-state index contributed by atoms with van der Waals surface area (Å²) in [5.41, 5.74) is 1.18. The van der Waals surface area contributed by atoms with Crippen LogP contribution in [0, 0.1) is 9.49 Å². The number of anilines is 1. The first-order chi connectivity index (χ1) is 9.52. The highest BCUT2D eigenvalue weighted by Gasteiger charge is 2.25. The highest BCUT2D eigenvalue weighted by molar-refractivity contribution is 14.1. The number of halogens is 1. The van der Waals surface area contributed by atoms with E-state index < -0.39 is 0 Å². The number of aromatic nitrogens is 2. The Morgan fingerprint density at radius 2 is 2.20 bits per heavy atom. The Kier molecular flexibility index (Phi) is 5.92. The number of nitrogens with one attached hydrogen (secondary N) is 1. The Morgan fingerprint density at radius 3 is 2.80 bits per heavy atom. The third-order valence-corrected chi connectivity index (χ3v) is 5.63. The third kappa shape index (κ3) is 3.76. The fourth-order valence-electron chi connectivity index (χ4n) is 2.31. The molecule has 2 heterocycles. The van der Waals surface area contributed by atoms with E-state index in [-0.39, 0.29) is 0 Å². The average Bonchev–Trinajstić information content (AvgIpc) is 2.41. The molecule has 1 unspecified atom stereocenters. The van der Waals surface area contributed by atoms with E-state index in [1.165, 1.54) is 11.4 Å². The Hall–Kier alpha value is -0.0800. The molecule has 1 fully saturated rings. The minimum Gasteiger partial charge on any atom is -0.372 e. The van der Waals surface area contributed by atoms with Gasteiger partial charge in [-0.3, -0.25) is 4.90 Å². The Bertz CT molecular complexity index is 467. The maximum Gasteiger partial charge on any atom is 0.149 e. The molecule has 112 valence electrons. The molecular formula is C14H23IN4S. The molecule has 1 aliphatic heterocycles. The largest absolute Gasteiger partial charge is 0.372 e. The lowest BCUT2D eigenvalue weighted by Gasteiger charge is -2.31. The summed E-state index contributed by atoms with van der Waals surface area (Å²) in [7, 11) is 4.11. The van der Waals surface area contributed by atoms with E-state index in [0.29, 0.717) is 12.0 Å².